The quantitative estimate of drug-likeness (QED) is 0.797. The number of ether oxygens (including phenoxy) is 1. The predicted molar refractivity (Wildman–Crippen MR) is 51.7 cm³/mol. The van der Waals surface area contributed by atoms with E-state index in [1.54, 1.807) is 12.1 Å². The van der Waals surface area contributed by atoms with E-state index in [1.165, 1.54) is 6.07 Å². The predicted octanol–water partition coefficient (Wildman–Crippen LogP) is 2.30. The molecule has 1 aromatic rings. The molecule has 0 aromatic heterocycles. The largest absolute Gasteiger partial charge is 0.479 e. The summed E-state index contributed by atoms with van der Waals surface area (Å²) in [6.45, 7) is 0.156. The summed E-state index contributed by atoms with van der Waals surface area (Å²) in [5.41, 5.74) is -0.794. The summed E-state index contributed by atoms with van der Waals surface area (Å²) < 4.78 is 4.94. The Morgan fingerprint density at radius 2 is 2.14 bits per heavy atom. The molecule has 1 saturated heterocycles. The van der Waals surface area contributed by atoms with E-state index in [0.29, 0.717) is 15.6 Å². The molecule has 74 valence electrons. The van der Waals surface area contributed by atoms with Crippen LogP contribution in [-0.4, -0.2) is 17.7 Å². The van der Waals surface area contributed by atoms with Crippen LogP contribution >= 0.6 is 23.2 Å². The van der Waals surface area contributed by atoms with Crippen molar-refractivity contribution < 1.29 is 14.6 Å². The van der Waals surface area contributed by atoms with Gasteiger partial charge in [0.05, 0.1) is 6.61 Å². The summed E-state index contributed by atoms with van der Waals surface area (Å²) in [5.74, 6) is -1.03. The summed E-state index contributed by atoms with van der Waals surface area (Å²) in [6.07, 6.45) is 0. The number of carboxylic acids is 1. The van der Waals surface area contributed by atoms with Gasteiger partial charge < -0.3 is 9.84 Å². The number of benzene rings is 1. The zero-order valence-electron chi connectivity index (χ0n) is 6.96. The van der Waals surface area contributed by atoms with Crippen molar-refractivity contribution in [2.75, 3.05) is 6.61 Å². The number of rotatable bonds is 2. The van der Waals surface area contributed by atoms with E-state index in [-0.39, 0.29) is 6.61 Å². The summed E-state index contributed by atoms with van der Waals surface area (Å²) in [4.78, 5) is 10.9. The zero-order valence-corrected chi connectivity index (χ0v) is 8.47. The molecule has 1 aliphatic rings. The van der Waals surface area contributed by atoms with Crippen LogP contribution in [0.3, 0.4) is 0 Å². The third-order valence-corrected chi connectivity index (χ3v) is 2.69. The monoisotopic (exact) mass is 232 g/mol. The molecule has 0 spiro atoms. The highest BCUT2D eigenvalue weighted by Crippen LogP contribution is 2.42. The maximum Gasteiger partial charge on any atom is 0.343 e. The van der Waals surface area contributed by atoms with Crippen LogP contribution in [0.5, 0.6) is 0 Å². The van der Waals surface area contributed by atoms with Crippen LogP contribution in [0.1, 0.15) is 5.56 Å². The molecule has 0 aliphatic carbocycles. The minimum atomic E-state index is -1.25. The Bertz CT molecular complexity index is 399. The molecule has 3 nitrogen and oxygen atoms in total. The summed E-state index contributed by atoms with van der Waals surface area (Å²) in [6, 6.07) is 4.67. The van der Waals surface area contributed by atoms with Crippen molar-refractivity contribution >= 4 is 29.2 Å². The van der Waals surface area contributed by atoms with Crippen molar-refractivity contribution in [3.8, 4) is 0 Å². The lowest BCUT2D eigenvalue weighted by atomic mass is 10.0. The lowest BCUT2D eigenvalue weighted by molar-refractivity contribution is -0.143. The van der Waals surface area contributed by atoms with E-state index in [9.17, 15) is 4.79 Å². The minimum absolute atomic E-state index is 0.156. The fraction of sp³-hybridized carbons (Fsp3) is 0.222. The number of carboxylic acid groups (broad SMARTS) is 1. The van der Waals surface area contributed by atoms with Crippen LogP contribution in [-0.2, 0) is 15.1 Å². The standard InChI is InChI=1S/C9H6Cl2O3/c10-5-1-2-6(7(11)3-5)9(4-14-9)8(12)13/h1-3H,4H2,(H,12,13). The normalized spacial score (nSPS) is 24.7. The minimum Gasteiger partial charge on any atom is -0.479 e. The van der Waals surface area contributed by atoms with Crippen LogP contribution in [0.2, 0.25) is 10.0 Å². The summed E-state index contributed by atoms with van der Waals surface area (Å²) in [7, 11) is 0. The molecule has 0 bridgehead atoms. The van der Waals surface area contributed by atoms with Crippen LogP contribution in [0.25, 0.3) is 0 Å². The average molecular weight is 233 g/mol. The first-order chi connectivity index (χ1) is 6.56. The Morgan fingerprint density at radius 3 is 2.57 bits per heavy atom. The molecule has 5 heteroatoms. The van der Waals surface area contributed by atoms with Crippen molar-refractivity contribution in [2.45, 2.75) is 5.60 Å². The van der Waals surface area contributed by atoms with Gasteiger partial charge in [-0.25, -0.2) is 4.79 Å². The molecule has 1 fully saturated rings. The van der Waals surface area contributed by atoms with Crippen LogP contribution in [0, 0.1) is 0 Å². The summed E-state index contributed by atoms with van der Waals surface area (Å²) in [5, 5.41) is 9.72. The van der Waals surface area contributed by atoms with Crippen LogP contribution in [0.4, 0.5) is 0 Å². The number of epoxide rings is 1. The van der Waals surface area contributed by atoms with Gasteiger partial charge in [-0.15, -0.1) is 0 Å². The Kier molecular flexibility index (Phi) is 2.18. The maximum atomic E-state index is 10.9. The number of hydrogen-bond donors (Lipinski definition) is 1. The van der Waals surface area contributed by atoms with Gasteiger partial charge in [-0.2, -0.15) is 0 Å². The zero-order chi connectivity index (χ0) is 10.3. The van der Waals surface area contributed by atoms with Gasteiger partial charge in [-0.3, -0.25) is 0 Å². The fourth-order valence-corrected chi connectivity index (χ4v) is 1.84. The molecule has 1 N–H and O–H groups in total. The van der Waals surface area contributed by atoms with Gasteiger partial charge in [0, 0.05) is 15.6 Å². The second kappa shape index (κ2) is 3.12. The van der Waals surface area contributed by atoms with Gasteiger partial charge in [-0.05, 0) is 12.1 Å². The van der Waals surface area contributed by atoms with Gasteiger partial charge in [0.1, 0.15) is 0 Å². The van der Waals surface area contributed by atoms with Gasteiger partial charge >= 0.3 is 5.97 Å². The molecule has 1 unspecified atom stereocenters. The highest BCUT2D eigenvalue weighted by molar-refractivity contribution is 6.35. The Balaban J connectivity index is 2.47. The van der Waals surface area contributed by atoms with E-state index in [1.807, 2.05) is 0 Å². The van der Waals surface area contributed by atoms with E-state index >= 15 is 0 Å². The van der Waals surface area contributed by atoms with Crippen molar-refractivity contribution in [3.63, 3.8) is 0 Å². The first kappa shape index (κ1) is 9.77. The number of halogens is 2. The first-order valence-electron chi connectivity index (χ1n) is 3.89. The second-order valence-electron chi connectivity index (χ2n) is 3.05. The van der Waals surface area contributed by atoms with Crippen molar-refractivity contribution in [1.82, 2.24) is 0 Å². The lowest BCUT2D eigenvalue weighted by Crippen LogP contribution is -2.21. The van der Waals surface area contributed by atoms with Gasteiger partial charge in [0.25, 0.3) is 0 Å². The molecule has 14 heavy (non-hydrogen) atoms. The van der Waals surface area contributed by atoms with Gasteiger partial charge in [-0.1, -0.05) is 29.3 Å². The Labute approximate surface area is 90.2 Å². The molecule has 0 saturated carbocycles. The van der Waals surface area contributed by atoms with Crippen LogP contribution < -0.4 is 0 Å². The number of aliphatic carboxylic acids is 1. The SMILES string of the molecule is O=C(O)C1(c2ccc(Cl)cc2Cl)CO1. The number of hydrogen-bond acceptors (Lipinski definition) is 2. The van der Waals surface area contributed by atoms with E-state index in [0.717, 1.165) is 0 Å². The summed E-state index contributed by atoms with van der Waals surface area (Å²) >= 11 is 11.6. The van der Waals surface area contributed by atoms with Crippen molar-refractivity contribution in [1.29, 1.82) is 0 Å². The number of carbonyl (C=O) groups is 1. The topological polar surface area (TPSA) is 49.8 Å². The second-order valence-corrected chi connectivity index (χ2v) is 3.89. The molecule has 1 heterocycles. The molecule has 1 aliphatic heterocycles. The van der Waals surface area contributed by atoms with E-state index in [4.69, 9.17) is 33.0 Å². The smallest absolute Gasteiger partial charge is 0.343 e. The third kappa shape index (κ3) is 1.38. The van der Waals surface area contributed by atoms with Crippen molar-refractivity contribution in [3.05, 3.63) is 33.8 Å². The molecular formula is C9H6Cl2O3. The molecule has 1 atom stereocenters. The Morgan fingerprint density at radius 1 is 1.50 bits per heavy atom. The molecule has 2 rings (SSSR count). The molecule has 1 aromatic carbocycles. The molecule has 0 radical (unpaired) electrons. The average Bonchev–Trinajstić information content (AvgIpc) is 2.84. The molecular weight excluding hydrogens is 227 g/mol. The maximum absolute atomic E-state index is 10.9. The Hall–Kier alpha value is -0.770. The third-order valence-electron chi connectivity index (χ3n) is 2.14. The van der Waals surface area contributed by atoms with Crippen LogP contribution in [0.15, 0.2) is 18.2 Å². The van der Waals surface area contributed by atoms with Gasteiger partial charge in [0.2, 0.25) is 5.60 Å². The fourth-order valence-electron chi connectivity index (χ4n) is 1.28. The van der Waals surface area contributed by atoms with Gasteiger partial charge in [0.15, 0.2) is 0 Å². The molecule has 0 amide bonds. The highest BCUT2D eigenvalue weighted by atomic mass is 35.5. The van der Waals surface area contributed by atoms with Crippen molar-refractivity contribution in [2.24, 2.45) is 0 Å². The first-order valence-corrected chi connectivity index (χ1v) is 4.65. The van der Waals surface area contributed by atoms with E-state index < -0.39 is 11.6 Å². The lowest BCUT2D eigenvalue weighted by Gasteiger charge is -2.08. The highest BCUT2D eigenvalue weighted by Gasteiger charge is 2.55. The van der Waals surface area contributed by atoms with E-state index in [2.05, 4.69) is 0 Å².